The van der Waals surface area contributed by atoms with Gasteiger partial charge in [-0.2, -0.15) is 5.10 Å². The average Bonchev–Trinajstić information content (AvgIpc) is 2.90. The van der Waals surface area contributed by atoms with Crippen molar-refractivity contribution >= 4 is 11.3 Å². The summed E-state index contributed by atoms with van der Waals surface area (Å²) in [6, 6.07) is 5.72. The van der Waals surface area contributed by atoms with Gasteiger partial charge in [-0.15, -0.1) is 0 Å². The third kappa shape index (κ3) is 3.16. The van der Waals surface area contributed by atoms with Crippen LogP contribution >= 0.6 is 11.3 Å². The Kier molecular flexibility index (Phi) is 4.47. The Hall–Kier alpha value is -1.82. The molecule has 3 rings (SSSR count). The summed E-state index contributed by atoms with van der Waals surface area (Å²) >= 11 is 1.58. The molecule has 0 atom stereocenters. The zero-order valence-electron chi connectivity index (χ0n) is 13.0. The molecule has 1 saturated carbocycles. The van der Waals surface area contributed by atoms with Crippen LogP contribution in [-0.4, -0.2) is 28.0 Å². The van der Waals surface area contributed by atoms with Gasteiger partial charge in [0.05, 0.1) is 13.2 Å². The summed E-state index contributed by atoms with van der Waals surface area (Å²) in [5.41, 5.74) is 0.931. The maximum atomic E-state index is 9.69. The van der Waals surface area contributed by atoms with Gasteiger partial charge < -0.3 is 9.84 Å². The van der Waals surface area contributed by atoms with Crippen LogP contribution < -0.4 is 9.54 Å². The number of aryl methyl sites for hydroxylation is 1. The fraction of sp³-hybridized carbons (Fsp3) is 0.500. The number of hydrogen-bond acceptors (Lipinski definition) is 5. The Morgan fingerprint density at radius 1 is 1.32 bits per heavy atom. The lowest BCUT2D eigenvalue weighted by Crippen LogP contribution is -2.18. The van der Waals surface area contributed by atoms with Crippen LogP contribution in [-0.2, 0) is 7.05 Å². The van der Waals surface area contributed by atoms with E-state index in [1.165, 1.54) is 32.1 Å². The molecule has 0 spiro atoms. The highest BCUT2D eigenvalue weighted by molar-refractivity contribution is 7.12. The molecule has 1 fully saturated rings. The van der Waals surface area contributed by atoms with Gasteiger partial charge in [0.25, 0.3) is 0 Å². The van der Waals surface area contributed by atoms with Crippen LogP contribution in [0, 0.1) is 0 Å². The molecule has 2 aromatic rings. The van der Waals surface area contributed by atoms with Crippen LogP contribution in [0.4, 0.5) is 0 Å². The molecule has 22 heavy (non-hydrogen) atoms. The maximum absolute atomic E-state index is 9.69. The highest BCUT2D eigenvalue weighted by atomic mass is 32.1. The Balaban J connectivity index is 1.93. The Morgan fingerprint density at radius 3 is 2.82 bits per heavy atom. The number of hydrogen-bond donors (Lipinski definition) is 1. The molecule has 1 heterocycles. The van der Waals surface area contributed by atoms with Gasteiger partial charge in [-0.1, -0.05) is 30.6 Å². The zero-order valence-corrected chi connectivity index (χ0v) is 13.8. The Labute approximate surface area is 133 Å². The molecule has 1 aromatic heterocycles. The molecular formula is C16H21N3O2S. The number of phenols is 1. The summed E-state index contributed by atoms with van der Waals surface area (Å²) < 4.78 is 7.00. The van der Waals surface area contributed by atoms with Crippen molar-refractivity contribution in [2.75, 3.05) is 7.11 Å². The second-order valence-electron chi connectivity index (χ2n) is 5.62. The highest BCUT2D eigenvalue weighted by Crippen LogP contribution is 2.31. The lowest BCUT2D eigenvalue weighted by molar-refractivity contribution is 0.373. The van der Waals surface area contributed by atoms with Crippen molar-refractivity contribution in [3.05, 3.63) is 23.0 Å². The lowest BCUT2D eigenvalue weighted by Gasteiger charge is -2.16. The van der Waals surface area contributed by atoms with Gasteiger partial charge in [0, 0.05) is 12.6 Å². The molecule has 118 valence electrons. The molecule has 0 aliphatic heterocycles. The van der Waals surface area contributed by atoms with Gasteiger partial charge in [0.2, 0.25) is 4.80 Å². The summed E-state index contributed by atoms with van der Waals surface area (Å²) in [5.74, 6) is 0.598. The smallest absolute Gasteiger partial charge is 0.203 e. The minimum atomic E-state index is 0.138. The van der Waals surface area contributed by atoms with Crippen molar-refractivity contribution in [2.24, 2.45) is 12.0 Å². The van der Waals surface area contributed by atoms with Crippen LogP contribution in [0.2, 0.25) is 0 Å². The van der Waals surface area contributed by atoms with E-state index >= 15 is 0 Å². The standard InChI is InChI=1S/C16H21N3O2S/c1-19-16(17-12-6-4-3-5-7-12)22-15(18-19)11-8-9-13(20)14(10-11)21-2/h8-10,12,20H,3-7H2,1-2H3. The van der Waals surface area contributed by atoms with Gasteiger partial charge >= 0.3 is 0 Å². The number of aromatic hydroxyl groups is 1. The minimum absolute atomic E-state index is 0.138. The van der Waals surface area contributed by atoms with Gasteiger partial charge in [0.1, 0.15) is 5.01 Å². The third-order valence-corrected chi connectivity index (χ3v) is 5.06. The molecule has 1 aromatic carbocycles. The molecule has 1 N–H and O–H groups in total. The number of phenolic OH excluding ortho intramolecular Hbond substituents is 1. The minimum Gasteiger partial charge on any atom is -0.504 e. The number of nitrogens with zero attached hydrogens (tertiary/aromatic N) is 3. The molecular weight excluding hydrogens is 298 g/mol. The second kappa shape index (κ2) is 6.52. The zero-order chi connectivity index (χ0) is 15.5. The lowest BCUT2D eigenvalue weighted by atomic mass is 9.96. The van der Waals surface area contributed by atoms with Gasteiger partial charge in [-0.05, 0) is 31.0 Å². The first kappa shape index (κ1) is 15.1. The second-order valence-corrected chi connectivity index (χ2v) is 6.58. The molecule has 6 heteroatoms. The summed E-state index contributed by atoms with van der Waals surface area (Å²) in [5, 5.41) is 15.1. The average molecular weight is 319 g/mol. The van der Waals surface area contributed by atoms with Crippen molar-refractivity contribution in [1.29, 1.82) is 0 Å². The van der Waals surface area contributed by atoms with Gasteiger partial charge in [-0.3, -0.25) is 4.99 Å². The van der Waals surface area contributed by atoms with Crippen LogP contribution in [0.5, 0.6) is 11.5 Å². The van der Waals surface area contributed by atoms with Crippen molar-refractivity contribution in [1.82, 2.24) is 9.78 Å². The summed E-state index contributed by atoms with van der Waals surface area (Å²) in [7, 11) is 3.48. The van der Waals surface area contributed by atoms with E-state index in [9.17, 15) is 5.11 Å². The van der Waals surface area contributed by atoms with E-state index in [4.69, 9.17) is 9.73 Å². The quantitative estimate of drug-likeness (QED) is 0.945. The largest absolute Gasteiger partial charge is 0.504 e. The summed E-state index contributed by atoms with van der Waals surface area (Å²) in [4.78, 5) is 5.81. The van der Waals surface area contributed by atoms with E-state index in [2.05, 4.69) is 5.10 Å². The van der Waals surface area contributed by atoms with E-state index in [-0.39, 0.29) is 5.75 Å². The third-order valence-electron chi connectivity index (χ3n) is 4.00. The van der Waals surface area contributed by atoms with Gasteiger partial charge in [-0.25, -0.2) is 4.68 Å². The first-order valence-electron chi connectivity index (χ1n) is 7.62. The first-order valence-corrected chi connectivity index (χ1v) is 8.44. The van der Waals surface area contributed by atoms with Crippen molar-refractivity contribution < 1.29 is 9.84 Å². The highest BCUT2D eigenvalue weighted by Gasteiger charge is 2.13. The molecule has 0 radical (unpaired) electrons. The summed E-state index contributed by atoms with van der Waals surface area (Å²) in [6.45, 7) is 0. The van der Waals surface area contributed by atoms with E-state index < -0.39 is 0 Å². The van der Waals surface area contributed by atoms with E-state index in [0.29, 0.717) is 11.8 Å². The number of ether oxygens (including phenoxy) is 1. The van der Waals surface area contributed by atoms with Crippen LogP contribution in [0.25, 0.3) is 10.6 Å². The predicted octanol–water partition coefficient (Wildman–Crippen LogP) is 3.10. The monoisotopic (exact) mass is 319 g/mol. The van der Waals surface area contributed by atoms with Crippen LogP contribution in [0.15, 0.2) is 23.2 Å². The normalized spacial score (nSPS) is 16.9. The SMILES string of the molecule is COc1cc(-c2nn(C)c(=NC3CCCCC3)s2)ccc1O. The maximum Gasteiger partial charge on any atom is 0.203 e. The Bertz CT molecular complexity index is 714. The molecule has 0 saturated heterocycles. The first-order chi connectivity index (χ1) is 10.7. The molecule has 5 nitrogen and oxygen atoms in total. The fourth-order valence-electron chi connectivity index (χ4n) is 2.76. The number of benzene rings is 1. The number of aromatic nitrogens is 2. The van der Waals surface area contributed by atoms with Crippen molar-refractivity contribution in [3.8, 4) is 22.1 Å². The molecule has 1 aliphatic rings. The predicted molar refractivity (Wildman–Crippen MR) is 87.2 cm³/mol. The van der Waals surface area contributed by atoms with Crippen LogP contribution in [0.3, 0.4) is 0 Å². The van der Waals surface area contributed by atoms with Crippen molar-refractivity contribution in [2.45, 2.75) is 38.1 Å². The number of methoxy groups -OCH3 is 1. The van der Waals surface area contributed by atoms with E-state index in [0.717, 1.165) is 15.4 Å². The fourth-order valence-corrected chi connectivity index (χ4v) is 3.71. The molecule has 0 amide bonds. The molecule has 1 aliphatic carbocycles. The number of rotatable bonds is 3. The molecule has 0 unspecified atom stereocenters. The molecule has 0 bridgehead atoms. The van der Waals surface area contributed by atoms with Gasteiger partial charge in [0.15, 0.2) is 11.5 Å². The van der Waals surface area contributed by atoms with E-state index in [1.54, 1.807) is 30.6 Å². The van der Waals surface area contributed by atoms with Crippen molar-refractivity contribution in [3.63, 3.8) is 0 Å². The Morgan fingerprint density at radius 2 is 2.09 bits per heavy atom. The topological polar surface area (TPSA) is 59.6 Å². The summed E-state index contributed by atoms with van der Waals surface area (Å²) in [6.07, 6.45) is 6.25. The van der Waals surface area contributed by atoms with Crippen LogP contribution in [0.1, 0.15) is 32.1 Å². The van der Waals surface area contributed by atoms with E-state index in [1.807, 2.05) is 17.8 Å².